The molecule has 8 heteroatoms. The molecule has 0 unspecified atom stereocenters. The average Bonchev–Trinajstić information content (AvgIpc) is 2.69. The molecule has 1 amide bonds. The van der Waals surface area contributed by atoms with E-state index in [-0.39, 0.29) is 11.6 Å². The predicted molar refractivity (Wildman–Crippen MR) is 104 cm³/mol. The average molecular weight is 385 g/mol. The van der Waals surface area contributed by atoms with Crippen molar-refractivity contribution in [2.24, 2.45) is 0 Å². The van der Waals surface area contributed by atoms with E-state index in [1.807, 2.05) is 0 Å². The molecule has 1 aromatic heterocycles. The number of carbonyl (C=O) groups excluding carboxylic acids is 1. The van der Waals surface area contributed by atoms with E-state index in [1.54, 1.807) is 56.7 Å². The SMILES string of the molecule is COc1cccc(NC(=O)c2cnc(Nc3ccc(OC)c(Cl)c3)cn2)c1. The smallest absolute Gasteiger partial charge is 0.275 e. The summed E-state index contributed by atoms with van der Waals surface area (Å²) in [6.07, 6.45) is 2.86. The van der Waals surface area contributed by atoms with Gasteiger partial charge in [0.15, 0.2) is 0 Å². The van der Waals surface area contributed by atoms with Crippen molar-refractivity contribution in [2.45, 2.75) is 0 Å². The Bertz CT molecular complexity index is 948. The van der Waals surface area contributed by atoms with Crippen LogP contribution in [0.5, 0.6) is 11.5 Å². The molecule has 2 aromatic carbocycles. The monoisotopic (exact) mass is 384 g/mol. The molecule has 0 spiro atoms. The van der Waals surface area contributed by atoms with Crippen LogP contribution in [-0.2, 0) is 0 Å². The molecule has 138 valence electrons. The van der Waals surface area contributed by atoms with Gasteiger partial charge in [0, 0.05) is 17.4 Å². The highest BCUT2D eigenvalue weighted by atomic mass is 35.5. The zero-order valence-corrected chi connectivity index (χ0v) is 15.4. The number of nitrogens with zero attached hydrogens (tertiary/aromatic N) is 2. The van der Waals surface area contributed by atoms with Crippen LogP contribution < -0.4 is 20.1 Å². The normalized spacial score (nSPS) is 10.2. The first-order valence-electron chi connectivity index (χ1n) is 7.97. The van der Waals surface area contributed by atoms with Crippen molar-refractivity contribution < 1.29 is 14.3 Å². The second-order valence-electron chi connectivity index (χ2n) is 5.45. The minimum absolute atomic E-state index is 0.191. The highest BCUT2D eigenvalue weighted by Gasteiger charge is 2.10. The van der Waals surface area contributed by atoms with Gasteiger partial charge in [-0.15, -0.1) is 0 Å². The molecule has 0 atom stereocenters. The van der Waals surface area contributed by atoms with Crippen molar-refractivity contribution in [1.29, 1.82) is 0 Å². The number of nitrogens with one attached hydrogen (secondary N) is 2. The topological polar surface area (TPSA) is 85.4 Å². The number of ether oxygens (including phenoxy) is 2. The van der Waals surface area contributed by atoms with Gasteiger partial charge < -0.3 is 20.1 Å². The molecule has 0 saturated heterocycles. The van der Waals surface area contributed by atoms with E-state index in [1.165, 1.54) is 12.4 Å². The summed E-state index contributed by atoms with van der Waals surface area (Å²) in [6, 6.07) is 12.3. The van der Waals surface area contributed by atoms with Crippen LogP contribution in [0, 0.1) is 0 Å². The maximum atomic E-state index is 12.3. The number of amides is 1. The molecule has 27 heavy (non-hydrogen) atoms. The number of halogens is 1. The molecule has 0 saturated carbocycles. The summed E-state index contributed by atoms with van der Waals surface area (Å²) in [4.78, 5) is 20.6. The third-order valence-corrected chi connectivity index (χ3v) is 3.93. The Morgan fingerprint density at radius 2 is 1.85 bits per heavy atom. The maximum absolute atomic E-state index is 12.3. The van der Waals surface area contributed by atoms with Crippen LogP contribution in [0.25, 0.3) is 0 Å². The minimum Gasteiger partial charge on any atom is -0.497 e. The fourth-order valence-electron chi connectivity index (χ4n) is 2.30. The molecule has 0 radical (unpaired) electrons. The quantitative estimate of drug-likeness (QED) is 0.664. The Labute approximate surface area is 161 Å². The van der Waals surface area contributed by atoms with Crippen molar-refractivity contribution in [1.82, 2.24) is 9.97 Å². The van der Waals surface area contributed by atoms with Crippen molar-refractivity contribution in [2.75, 3.05) is 24.9 Å². The van der Waals surface area contributed by atoms with E-state index in [2.05, 4.69) is 20.6 Å². The third kappa shape index (κ3) is 4.65. The number of anilines is 3. The van der Waals surface area contributed by atoms with E-state index in [9.17, 15) is 4.79 Å². The molecule has 2 N–H and O–H groups in total. The van der Waals surface area contributed by atoms with Gasteiger partial charge in [0.2, 0.25) is 0 Å². The molecule has 7 nitrogen and oxygen atoms in total. The molecular weight excluding hydrogens is 368 g/mol. The summed E-state index contributed by atoms with van der Waals surface area (Å²) in [5.74, 6) is 1.35. The Hall–Kier alpha value is -3.32. The van der Waals surface area contributed by atoms with Crippen LogP contribution in [0.1, 0.15) is 10.5 Å². The van der Waals surface area contributed by atoms with Crippen LogP contribution in [0.4, 0.5) is 17.2 Å². The molecule has 1 heterocycles. The lowest BCUT2D eigenvalue weighted by Crippen LogP contribution is -2.14. The predicted octanol–water partition coefficient (Wildman–Crippen LogP) is 4.14. The fourth-order valence-corrected chi connectivity index (χ4v) is 2.56. The number of aromatic nitrogens is 2. The first kappa shape index (κ1) is 18.5. The number of methoxy groups -OCH3 is 2. The second-order valence-corrected chi connectivity index (χ2v) is 5.85. The standard InChI is InChI=1S/C19H17ClN4O3/c1-26-14-5-3-4-12(8-14)24-19(25)16-10-22-18(11-21-16)23-13-6-7-17(27-2)15(20)9-13/h3-11H,1-2H3,(H,22,23)(H,24,25). The van der Waals surface area contributed by atoms with Gasteiger partial charge in [0.05, 0.1) is 31.6 Å². The molecule has 0 aliphatic rings. The van der Waals surface area contributed by atoms with Gasteiger partial charge in [-0.1, -0.05) is 17.7 Å². The van der Waals surface area contributed by atoms with E-state index in [0.717, 1.165) is 5.69 Å². The van der Waals surface area contributed by atoms with Crippen molar-refractivity contribution >= 4 is 34.7 Å². The third-order valence-electron chi connectivity index (χ3n) is 3.64. The Morgan fingerprint density at radius 1 is 1.00 bits per heavy atom. The Kier molecular flexibility index (Phi) is 5.73. The van der Waals surface area contributed by atoms with Crippen LogP contribution in [0.2, 0.25) is 5.02 Å². The second kappa shape index (κ2) is 8.37. The highest BCUT2D eigenvalue weighted by molar-refractivity contribution is 6.32. The van der Waals surface area contributed by atoms with Gasteiger partial charge in [-0.3, -0.25) is 4.79 Å². The lowest BCUT2D eigenvalue weighted by atomic mass is 10.3. The van der Waals surface area contributed by atoms with Crippen molar-refractivity contribution in [3.05, 3.63) is 65.6 Å². The molecule has 3 aromatic rings. The van der Waals surface area contributed by atoms with E-state index in [4.69, 9.17) is 21.1 Å². The maximum Gasteiger partial charge on any atom is 0.275 e. The van der Waals surface area contributed by atoms with Crippen LogP contribution >= 0.6 is 11.6 Å². The zero-order valence-electron chi connectivity index (χ0n) is 14.7. The summed E-state index contributed by atoms with van der Waals surface area (Å²) in [5.41, 5.74) is 1.52. The number of hydrogen-bond donors (Lipinski definition) is 2. The van der Waals surface area contributed by atoms with Crippen LogP contribution in [0.15, 0.2) is 54.9 Å². The Balaban J connectivity index is 1.67. The lowest BCUT2D eigenvalue weighted by molar-refractivity contribution is 0.102. The molecule has 0 aliphatic heterocycles. The molecule has 0 fully saturated rings. The van der Waals surface area contributed by atoms with E-state index in [0.29, 0.717) is 28.0 Å². The van der Waals surface area contributed by atoms with E-state index < -0.39 is 0 Å². The largest absolute Gasteiger partial charge is 0.497 e. The van der Waals surface area contributed by atoms with Gasteiger partial charge >= 0.3 is 0 Å². The minimum atomic E-state index is -0.366. The fraction of sp³-hybridized carbons (Fsp3) is 0.105. The van der Waals surface area contributed by atoms with Gasteiger partial charge in [-0.25, -0.2) is 9.97 Å². The molecular formula is C19H17ClN4O3. The number of hydrogen-bond acceptors (Lipinski definition) is 6. The summed E-state index contributed by atoms with van der Waals surface area (Å²) in [6.45, 7) is 0. The number of rotatable bonds is 6. The summed E-state index contributed by atoms with van der Waals surface area (Å²) < 4.78 is 10.2. The zero-order chi connectivity index (χ0) is 19.2. The summed E-state index contributed by atoms with van der Waals surface area (Å²) in [7, 11) is 3.11. The molecule has 3 rings (SSSR count). The van der Waals surface area contributed by atoms with Crippen molar-refractivity contribution in [3.8, 4) is 11.5 Å². The van der Waals surface area contributed by atoms with Crippen LogP contribution in [-0.4, -0.2) is 30.1 Å². The first-order chi connectivity index (χ1) is 13.1. The van der Waals surface area contributed by atoms with Gasteiger partial charge in [-0.05, 0) is 30.3 Å². The Morgan fingerprint density at radius 3 is 2.52 bits per heavy atom. The van der Waals surface area contributed by atoms with Gasteiger partial charge in [0.1, 0.15) is 23.0 Å². The van der Waals surface area contributed by atoms with Gasteiger partial charge in [0.25, 0.3) is 5.91 Å². The van der Waals surface area contributed by atoms with Crippen molar-refractivity contribution in [3.63, 3.8) is 0 Å². The summed E-state index contributed by atoms with van der Waals surface area (Å²) >= 11 is 6.10. The number of carbonyl (C=O) groups is 1. The molecule has 0 aliphatic carbocycles. The first-order valence-corrected chi connectivity index (χ1v) is 8.35. The van der Waals surface area contributed by atoms with E-state index >= 15 is 0 Å². The number of benzene rings is 2. The summed E-state index contributed by atoms with van der Waals surface area (Å²) in [5, 5.41) is 6.29. The highest BCUT2D eigenvalue weighted by Crippen LogP contribution is 2.28. The van der Waals surface area contributed by atoms with Gasteiger partial charge in [-0.2, -0.15) is 0 Å². The van der Waals surface area contributed by atoms with Crippen LogP contribution in [0.3, 0.4) is 0 Å². The lowest BCUT2D eigenvalue weighted by Gasteiger charge is -2.09. The molecule has 0 bridgehead atoms.